The predicted octanol–water partition coefficient (Wildman–Crippen LogP) is 9.01. The van der Waals surface area contributed by atoms with Gasteiger partial charge >= 0.3 is 6.03 Å². The van der Waals surface area contributed by atoms with Gasteiger partial charge in [0, 0.05) is 24.0 Å². The number of anilines is 2. The van der Waals surface area contributed by atoms with E-state index in [0.717, 1.165) is 36.2 Å². The van der Waals surface area contributed by atoms with E-state index in [9.17, 15) is 24.0 Å². The molecule has 0 spiro atoms. The Hall–Kier alpha value is -4.58. The minimum absolute atomic E-state index is 0.0379. The second kappa shape index (κ2) is 22.5. The van der Waals surface area contributed by atoms with Gasteiger partial charge in [-0.05, 0) is 30.2 Å². The molecule has 1 unspecified atom stereocenters. The van der Waals surface area contributed by atoms with Gasteiger partial charge in [-0.3, -0.25) is 19.2 Å². The van der Waals surface area contributed by atoms with Gasteiger partial charge in [0.05, 0.1) is 18.3 Å². The van der Waals surface area contributed by atoms with E-state index in [1.165, 1.54) is 106 Å². The highest BCUT2D eigenvalue weighted by Gasteiger charge is 2.47. The molecule has 1 fully saturated rings. The first-order valence-corrected chi connectivity index (χ1v) is 20.1. The monoisotopic (exact) mass is 745 g/mol. The van der Waals surface area contributed by atoms with Gasteiger partial charge in [0.15, 0.2) is 6.04 Å². The molecule has 0 aliphatic carbocycles. The maximum atomic E-state index is 13.9. The molecule has 2 heterocycles. The van der Waals surface area contributed by atoms with Crippen molar-refractivity contribution in [1.82, 2.24) is 14.8 Å². The Bertz CT molecular complexity index is 1620. The third-order valence-corrected chi connectivity index (χ3v) is 10.1. The fourth-order valence-corrected chi connectivity index (χ4v) is 7.08. The fourth-order valence-electron chi connectivity index (χ4n) is 6.54. The number of Topliss-reactive ketones (excluding diaryl/α,β-unsaturated/α-hetero) is 1. The lowest BCUT2D eigenvalue weighted by atomic mass is 10.0. The van der Waals surface area contributed by atoms with E-state index in [-0.39, 0.29) is 36.1 Å². The number of nitrogens with one attached hydrogen (secondary N) is 2. The molecule has 53 heavy (non-hydrogen) atoms. The summed E-state index contributed by atoms with van der Waals surface area (Å²) >= 11 is 1.15. The van der Waals surface area contributed by atoms with E-state index in [2.05, 4.69) is 22.5 Å². The molecule has 1 aliphatic rings. The summed E-state index contributed by atoms with van der Waals surface area (Å²) in [5.74, 6) is -2.26. The molecule has 11 nitrogen and oxygen atoms in total. The van der Waals surface area contributed by atoms with Crippen LogP contribution in [0.25, 0.3) is 0 Å². The molecule has 4 rings (SSSR count). The van der Waals surface area contributed by atoms with Gasteiger partial charge in [0.1, 0.15) is 18.0 Å². The predicted molar refractivity (Wildman–Crippen MR) is 209 cm³/mol. The van der Waals surface area contributed by atoms with Gasteiger partial charge in [0.2, 0.25) is 11.7 Å². The van der Waals surface area contributed by atoms with Crippen molar-refractivity contribution in [2.45, 2.75) is 122 Å². The van der Waals surface area contributed by atoms with E-state index >= 15 is 0 Å². The van der Waals surface area contributed by atoms with E-state index in [1.54, 1.807) is 12.1 Å². The number of amides is 5. The smallest absolute Gasteiger partial charge is 0.328 e. The first-order valence-electron chi connectivity index (χ1n) is 19.2. The highest BCUT2D eigenvalue weighted by Crippen LogP contribution is 2.30. The van der Waals surface area contributed by atoms with Crippen molar-refractivity contribution in [3.8, 4) is 5.75 Å². The van der Waals surface area contributed by atoms with Gasteiger partial charge in [-0.1, -0.05) is 127 Å². The molecule has 12 heteroatoms. The highest BCUT2D eigenvalue weighted by atomic mass is 32.1. The van der Waals surface area contributed by atoms with Gasteiger partial charge in [-0.2, -0.15) is 0 Å². The van der Waals surface area contributed by atoms with Crippen molar-refractivity contribution >= 4 is 52.2 Å². The number of rotatable bonds is 25. The van der Waals surface area contributed by atoms with Crippen molar-refractivity contribution in [3.63, 3.8) is 0 Å². The first kappa shape index (κ1) is 41.2. The lowest BCUT2D eigenvalue weighted by Gasteiger charge is -2.24. The maximum absolute atomic E-state index is 13.9. The number of urea groups is 1. The lowest BCUT2D eigenvalue weighted by molar-refractivity contribution is -0.131. The maximum Gasteiger partial charge on any atom is 0.328 e. The minimum atomic E-state index is -1.81. The average Bonchev–Trinajstić information content (AvgIpc) is 3.79. The minimum Gasteiger partial charge on any atom is -0.495 e. The van der Waals surface area contributed by atoms with Crippen molar-refractivity contribution in [3.05, 3.63) is 70.7 Å². The zero-order chi connectivity index (χ0) is 37.8. The third kappa shape index (κ3) is 13.1. The van der Waals surface area contributed by atoms with Crippen molar-refractivity contribution in [2.75, 3.05) is 24.3 Å². The van der Waals surface area contributed by atoms with Crippen LogP contribution >= 0.6 is 11.3 Å². The summed E-state index contributed by atoms with van der Waals surface area (Å²) in [5, 5.41) is 7.02. The molecule has 1 saturated heterocycles. The number of carbonyl (C=O) groups is 5. The van der Waals surface area contributed by atoms with Crippen LogP contribution in [0.2, 0.25) is 0 Å². The van der Waals surface area contributed by atoms with Gasteiger partial charge in [0.25, 0.3) is 11.8 Å². The molecule has 1 atom stereocenters. The zero-order valence-corrected chi connectivity index (χ0v) is 32.1. The van der Waals surface area contributed by atoms with E-state index in [4.69, 9.17) is 4.74 Å². The van der Waals surface area contributed by atoms with Crippen molar-refractivity contribution < 1.29 is 28.7 Å². The molecular formula is C41H55N5O6S. The quantitative estimate of drug-likeness (QED) is 0.0382. The SMILES string of the molecule is CCCCCCCCCCCCCCCCCC(=O)Nc1ccc(OC)c(NC(=O)C(C(=O)c2cscn2)N2C(=O)CN(Cc3ccccc3)C2=O)c1. The summed E-state index contributed by atoms with van der Waals surface area (Å²) in [4.78, 5) is 73.2. The number of nitrogens with zero attached hydrogens (tertiary/aromatic N) is 3. The molecule has 286 valence electrons. The van der Waals surface area contributed by atoms with Crippen LogP contribution in [0.5, 0.6) is 5.75 Å². The van der Waals surface area contributed by atoms with Crippen LogP contribution in [0.4, 0.5) is 16.2 Å². The molecule has 2 aromatic carbocycles. The van der Waals surface area contributed by atoms with Crippen LogP contribution in [0.1, 0.15) is 126 Å². The number of thiazole rings is 1. The molecule has 0 saturated carbocycles. The third-order valence-electron chi connectivity index (χ3n) is 9.48. The lowest BCUT2D eigenvalue weighted by Crippen LogP contribution is -2.52. The second-order valence-electron chi connectivity index (χ2n) is 13.7. The summed E-state index contributed by atoms with van der Waals surface area (Å²) in [6, 6.07) is 11.3. The van der Waals surface area contributed by atoms with Crippen molar-refractivity contribution in [2.24, 2.45) is 0 Å². The van der Waals surface area contributed by atoms with Crippen LogP contribution in [0.3, 0.4) is 0 Å². The van der Waals surface area contributed by atoms with E-state index in [0.29, 0.717) is 17.0 Å². The number of carbonyl (C=O) groups excluding carboxylic acids is 5. The number of unbranched alkanes of at least 4 members (excludes halogenated alkanes) is 14. The number of imide groups is 1. The Labute approximate surface area is 317 Å². The van der Waals surface area contributed by atoms with Crippen molar-refractivity contribution in [1.29, 1.82) is 0 Å². The van der Waals surface area contributed by atoms with Crippen LogP contribution in [-0.2, 0) is 20.9 Å². The average molecular weight is 746 g/mol. The number of ketones is 1. The van der Waals surface area contributed by atoms with E-state index < -0.39 is 29.7 Å². The first-order chi connectivity index (χ1) is 25.8. The summed E-state index contributed by atoms with van der Waals surface area (Å²) in [5.41, 5.74) is 2.79. The molecule has 3 aromatic rings. The summed E-state index contributed by atoms with van der Waals surface area (Å²) in [6.07, 6.45) is 19.1. The fraction of sp³-hybridized carbons (Fsp3) is 0.512. The van der Waals surface area contributed by atoms with Crippen LogP contribution in [-0.4, -0.2) is 64.0 Å². The number of hydrogen-bond donors (Lipinski definition) is 2. The molecular weight excluding hydrogens is 691 g/mol. The Kier molecular flexibility index (Phi) is 17.5. The Balaban J connectivity index is 1.27. The highest BCUT2D eigenvalue weighted by molar-refractivity contribution is 7.07. The number of methoxy groups -OCH3 is 1. The molecule has 0 bridgehead atoms. The normalized spacial score (nSPS) is 13.3. The Morgan fingerprint density at radius 1 is 0.830 bits per heavy atom. The van der Waals surface area contributed by atoms with Crippen LogP contribution in [0.15, 0.2) is 59.4 Å². The number of aromatic nitrogens is 1. The van der Waals surface area contributed by atoms with Gasteiger partial charge in [-0.15, -0.1) is 11.3 Å². The van der Waals surface area contributed by atoms with E-state index in [1.807, 2.05) is 30.3 Å². The summed E-state index contributed by atoms with van der Waals surface area (Å²) in [6.45, 7) is 2.10. The molecule has 5 amide bonds. The molecule has 1 aromatic heterocycles. The van der Waals surface area contributed by atoms with Gasteiger partial charge in [-0.25, -0.2) is 14.7 Å². The second-order valence-corrected chi connectivity index (χ2v) is 14.4. The van der Waals surface area contributed by atoms with Crippen LogP contribution < -0.4 is 15.4 Å². The molecule has 0 radical (unpaired) electrons. The van der Waals surface area contributed by atoms with Crippen LogP contribution in [0, 0.1) is 0 Å². The number of benzene rings is 2. The standard InChI is InChI=1S/C41H55N5O6S/c1-3-4-5-6-7-8-9-10-11-12-13-14-15-16-20-23-36(47)43-32-24-25-35(52-2)33(26-32)44-40(50)38(39(49)34-29-53-30-42-34)46-37(48)28-45(41(46)51)27-31-21-18-17-19-22-31/h17-19,21-22,24-26,29-30,38H,3-16,20,23,27-28H2,1-2H3,(H,43,47)(H,44,50). The topological polar surface area (TPSA) is 138 Å². The largest absolute Gasteiger partial charge is 0.495 e. The molecule has 2 N–H and O–H groups in total. The number of hydrogen-bond acceptors (Lipinski definition) is 8. The zero-order valence-electron chi connectivity index (χ0n) is 31.3. The van der Waals surface area contributed by atoms with Gasteiger partial charge < -0.3 is 20.3 Å². The summed E-state index contributed by atoms with van der Waals surface area (Å²) in [7, 11) is 1.42. The Morgan fingerprint density at radius 3 is 2.04 bits per heavy atom. The number of ether oxygens (including phenoxy) is 1. The Morgan fingerprint density at radius 2 is 1.45 bits per heavy atom. The molecule has 1 aliphatic heterocycles. The summed E-state index contributed by atoms with van der Waals surface area (Å²) < 4.78 is 5.45.